The van der Waals surface area contributed by atoms with Crippen LogP contribution >= 0.6 is 0 Å². The Labute approximate surface area is 130 Å². The largest absolute Gasteiger partial charge is 0.612 e. The van der Waals surface area contributed by atoms with Gasteiger partial charge in [0.05, 0.1) is 17.9 Å². The Morgan fingerprint density at radius 2 is 2.26 bits per heavy atom. The number of fused-ring (bicyclic) bond motifs is 1. The van der Waals surface area contributed by atoms with E-state index in [1.165, 1.54) is 12.2 Å². The number of rotatable bonds is 2. The molecule has 2 unspecified atom stereocenters. The van der Waals surface area contributed by atoms with Gasteiger partial charge in [0, 0.05) is 0 Å². The van der Waals surface area contributed by atoms with Gasteiger partial charge in [-0.25, -0.2) is 0 Å². The van der Waals surface area contributed by atoms with Gasteiger partial charge in [-0.1, -0.05) is 45.7 Å². The minimum absolute atomic E-state index is 0.00889. The van der Waals surface area contributed by atoms with E-state index in [0.29, 0.717) is 5.56 Å². The molecule has 0 spiro atoms. The average Bonchev–Trinajstić information content (AvgIpc) is 2.89. The first kappa shape index (κ1) is 14.6. The average molecular weight is 312 g/mol. The summed E-state index contributed by atoms with van der Waals surface area (Å²) in [6.45, 7) is 1.88. The predicted octanol–water partition coefficient (Wildman–Crippen LogP) is 1.58. The number of allylic oxidation sites excluding steroid dienone is 1. The van der Waals surface area contributed by atoms with Gasteiger partial charge in [0.25, 0.3) is 17.1 Å². The van der Waals surface area contributed by atoms with Crippen LogP contribution in [-0.2, 0) is 0 Å². The second-order valence-electron chi connectivity index (χ2n) is 5.26. The summed E-state index contributed by atoms with van der Waals surface area (Å²) in [6, 6.07) is 9.40. The lowest BCUT2D eigenvalue weighted by molar-refractivity contribution is -0.714. The van der Waals surface area contributed by atoms with Gasteiger partial charge >= 0.3 is 0 Å². The molecule has 0 bridgehead atoms. The van der Waals surface area contributed by atoms with E-state index in [0.717, 1.165) is 5.56 Å². The molecule has 0 fully saturated rings. The molecule has 1 aromatic heterocycles. The molecule has 1 N–H and O–H groups in total. The van der Waals surface area contributed by atoms with Crippen LogP contribution in [0.5, 0.6) is 0 Å². The third kappa shape index (κ3) is 2.38. The van der Waals surface area contributed by atoms with Crippen molar-refractivity contribution in [3.8, 4) is 6.07 Å². The highest BCUT2D eigenvalue weighted by atomic mass is 16.8. The zero-order valence-electron chi connectivity index (χ0n) is 12.1. The van der Waals surface area contributed by atoms with E-state index in [-0.39, 0.29) is 21.7 Å². The van der Waals surface area contributed by atoms with Gasteiger partial charge in [-0.15, -0.1) is 0 Å². The zero-order chi connectivity index (χ0) is 16.6. The number of nitrogens with one attached hydrogen (secondary N) is 1. The molecule has 1 aromatic carbocycles. The number of hydrogen-bond acceptors (Lipinski definition) is 5. The molecule has 23 heavy (non-hydrogen) atoms. The summed E-state index contributed by atoms with van der Waals surface area (Å²) in [5, 5.41) is 34.8. The van der Waals surface area contributed by atoms with Gasteiger partial charge in [0.15, 0.2) is 4.60 Å². The van der Waals surface area contributed by atoms with Crippen molar-refractivity contribution in [2.75, 3.05) is 0 Å². The molecule has 1 aliphatic carbocycles. The summed E-state index contributed by atoms with van der Waals surface area (Å²) in [7, 11) is 0. The van der Waals surface area contributed by atoms with Crippen LogP contribution in [0.2, 0.25) is 0 Å². The van der Waals surface area contributed by atoms with E-state index in [4.69, 9.17) is 0 Å². The smallest absolute Gasteiger partial charge is 0.288 e. The quantitative estimate of drug-likeness (QED) is 0.665. The Bertz CT molecular complexity index is 912. The summed E-state index contributed by atoms with van der Waals surface area (Å²) in [6.07, 6.45) is 2.93. The maximum absolute atomic E-state index is 11.5. The first-order valence-corrected chi connectivity index (χ1v) is 6.83. The molecular formula is C15H12N4O4. The summed E-state index contributed by atoms with van der Waals surface area (Å²) >= 11 is 0. The fraction of sp³-hybridized carbons (Fsp3) is 0.200. The first-order chi connectivity index (χ1) is 11.0. The van der Waals surface area contributed by atoms with Gasteiger partial charge in [-0.2, -0.15) is 10.2 Å². The molecule has 8 nitrogen and oxygen atoms in total. The monoisotopic (exact) mass is 312 g/mol. The van der Waals surface area contributed by atoms with E-state index >= 15 is 0 Å². The highest BCUT2D eigenvalue weighted by Crippen LogP contribution is 2.32. The van der Waals surface area contributed by atoms with Crippen molar-refractivity contribution in [3.05, 3.63) is 68.2 Å². The molecule has 0 aliphatic heterocycles. The maximum Gasteiger partial charge on any atom is 0.288 e. The molecular weight excluding hydrogens is 300 g/mol. The third-order valence-corrected chi connectivity index (χ3v) is 3.81. The van der Waals surface area contributed by atoms with E-state index in [1.54, 1.807) is 12.1 Å². The highest BCUT2D eigenvalue weighted by Gasteiger charge is 2.41. The Morgan fingerprint density at radius 3 is 2.91 bits per heavy atom. The second kappa shape index (κ2) is 5.46. The molecule has 1 aliphatic rings. The van der Waals surface area contributed by atoms with Crippen LogP contribution in [0.1, 0.15) is 28.4 Å². The summed E-state index contributed by atoms with van der Waals surface area (Å²) in [5.41, 5.74) is 1.40. The van der Waals surface area contributed by atoms with Crippen molar-refractivity contribution in [2.45, 2.75) is 12.8 Å². The minimum atomic E-state index is -0.793. The fourth-order valence-corrected chi connectivity index (χ4v) is 2.77. The Balaban J connectivity index is 2.14. The lowest BCUT2D eigenvalue weighted by Crippen LogP contribution is -2.31. The molecule has 116 valence electrons. The van der Waals surface area contributed by atoms with Crippen LogP contribution in [0.15, 0.2) is 35.0 Å². The van der Waals surface area contributed by atoms with E-state index in [9.17, 15) is 20.6 Å². The van der Waals surface area contributed by atoms with Crippen LogP contribution in [0.3, 0.4) is 0 Å². The van der Waals surface area contributed by atoms with E-state index < -0.39 is 16.7 Å². The molecule has 2 atom stereocenters. The first-order valence-electron chi connectivity index (χ1n) is 6.83. The number of nitrogens with zero attached hydrogens (tertiary/aromatic N) is 3. The number of nitriles is 1. The zero-order valence-corrected chi connectivity index (χ0v) is 12.1. The number of hydrogen-bond donors (Lipinski definition) is 1. The summed E-state index contributed by atoms with van der Waals surface area (Å²) in [5.74, 6) is -1.54. The predicted molar refractivity (Wildman–Crippen MR) is 79.6 cm³/mol. The van der Waals surface area contributed by atoms with Crippen LogP contribution in [0.4, 0.5) is 0 Å². The van der Waals surface area contributed by atoms with Crippen LogP contribution in [-0.4, -0.2) is 15.8 Å². The number of aryl methyl sites for hydroxylation is 1. The van der Waals surface area contributed by atoms with Crippen LogP contribution < -0.4 is 4.60 Å². The molecule has 8 heteroatoms. The number of aromatic amines is 1. The Kier molecular flexibility index (Phi) is 3.46. The standard InChI is InChI=1S/C15H12N4O4/c1-9-3-2-4-10(7-9)12(8-16)11-5-6-13-14(15(11)18(20)21)17-23-19(13)22/h2-7,11-12,17H,1H3. The normalized spacial score (nSPS) is 17.4. The van der Waals surface area contributed by atoms with Gasteiger partial charge in [0.1, 0.15) is 0 Å². The van der Waals surface area contributed by atoms with Crippen molar-refractivity contribution in [2.24, 2.45) is 5.92 Å². The van der Waals surface area contributed by atoms with Gasteiger partial charge in [0.2, 0.25) is 0 Å². The summed E-state index contributed by atoms with van der Waals surface area (Å²) in [4.78, 5) is 10.9. The third-order valence-electron chi connectivity index (χ3n) is 3.81. The lowest BCUT2D eigenvalue weighted by Gasteiger charge is -2.21. The van der Waals surface area contributed by atoms with Crippen molar-refractivity contribution < 1.29 is 14.1 Å². The summed E-state index contributed by atoms with van der Waals surface area (Å²) < 4.78 is 4.73. The van der Waals surface area contributed by atoms with Crippen LogP contribution in [0.25, 0.3) is 6.08 Å². The Hall–Kier alpha value is -3.34. The topological polar surface area (TPSA) is 125 Å². The molecule has 3 rings (SSSR count). The van der Waals surface area contributed by atoms with E-state index in [2.05, 4.69) is 15.9 Å². The molecule has 2 aromatic rings. The number of benzene rings is 1. The molecule has 1 heterocycles. The number of H-pyrrole nitrogens is 1. The number of aromatic nitrogens is 2. The Morgan fingerprint density at radius 1 is 1.48 bits per heavy atom. The SMILES string of the molecule is Cc1cccc(C(C#N)C2C=Cc3c([nH]o[n+]3=O)C2=[N+]([O-])[O-])c1. The molecule has 0 saturated carbocycles. The van der Waals surface area contributed by atoms with Crippen molar-refractivity contribution in [3.63, 3.8) is 0 Å². The van der Waals surface area contributed by atoms with Crippen molar-refractivity contribution in [1.29, 1.82) is 5.26 Å². The van der Waals surface area contributed by atoms with Gasteiger partial charge < -0.3 is 10.4 Å². The highest BCUT2D eigenvalue weighted by molar-refractivity contribution is 6.03. The van der Waals surface area contributed by atoms with Crippen molar-refractivity contribution in [1.82, 2.24) is 5.16 Å². The van der Waals surface area contributed by atoms with E-state index in [1.807, 2.05) is 19.1 Å². The van der Waals surface area contributed by atoms with Gasteiger partial charge in [-0.3, -0.25) is 0 Å². The maximum atomic E-state index is 11.5. The lowest BCUT2D eigenvalue weighted by atomic mass is 9.79. The van der Waals surface area contributed by atoms with Crippen molar-refractivity contribution >= 4 is 11.8 Å². The van der Waals surface area contributed by atoms with Gasteiger partial charge in [-0.05, 0) is 23.5 Å². The fourth-order valence-electron chi connectivity index (χ4n) is 2.77. The minimum Gasteiger partial charge on any atom is -0.612 e. The molecule has 0 amide bonds. The molecule has 0 radical (unpaired) electrons. The van der Waals surface area contributed by atoms with Crippen LogP contribution in [0, 0.1) is 39.5 Å². The molecule has 0 saturated heterocycles. The second-order valence-corrected chi connectivity index (χ2v) is 5.26.